The van der Waals surface area contributed by atoms with Crippen molar-refractivity contribution in [2.24, 2.45) is 0 Å². The number of hydrogen-bond acceptors (Lipinski definition) is 3. The Balaban J connectivity index is 1.51. The number of anilines is 2. The van der Waals surface area contributed by atoms with E-state index in [2.05, 4.69) is 43.0 Å². The molecule has 0 saturated carbocycles. The maximum atomic E-state index is 13.2. The van der Waals surface area contributed by atoms with Gasteiger partial charge in [0.1, 0.15) is 0 Å². The molecule has 0 radical (unpaired) electrons. The number of nitrogens with zero attached hydrogens (tertiary/aromatic N) is 3. The number of amides is 2. The van der Waals surface area contributed by atoms with Crippen molar-refractivity contribution in [3.05, 3.63) is 60.2 Å². The third-order valence-corrected chi connectivity index (χ3v) is 5.74. The standard InChI is InChI=1S/C23H27N3O2/c1-17-15-24(16-18(2)26(17)20-9-4-3-5-10-20)23(28)19-8-6-11-21(14-19)25-13-7-12-22(25)27/h3-6,8-11,14,17-18H,7,12-13,15-16H2,1-2H3. The molecule has 2 aliphatic rings. The topological polar surface area (TPSA) is 43.9 Å². The summed E-state index contributed by atoms with van der Waals surface area (Å²) in [6.07, 6.45) is 1.47. The van der Waals surface area contributed by atoms with Gasteiger partial charge in [0.2, 0.25) is 5.91 Å². The molecule has 5 nitrogen and oxygen atoms in total. The molecule has 0 spiro atoms. The van der Waals surface area contributed by atoms with Gasteiger partial charge >= 0.3 is 0 Å². The summed E-state index contributed by atoms with van der Waals surface area (Å²) in [7, 11) is 0. The average molecular weight is 377 g/mol. The summed E-state index contributed by atoms with van der Waals surface area (Å²) in [5, 5.41) is 0. The number of piperazine rings is 1. The summed E-state index contributed by atoms with van der Waals surface area (Å²) in [6, 6.07) is 18.4. The van der Waals surface area contributed by atoms with Gasteiger partial charge in [0.15, 0.2) is 0 Å². The number of benzene rings is 2. The summed E-state index contributed by atoms with van der Waals surface area (Å²) < 4.78 is 0. The van der Waals surface area contributed by atoms with Crippen LogP contribution in [0, 0.1) is 0 Å². The molecule has 2 aromatic rings. The highest BCUT2D eigenvalue weighted by Gasteiger charge is 2.32. The van der Waals surface area contributed by atoms with Crippen LogP contribution in [0.4, 0.5) is 11.4 Å². The van der Waals surface area contributed by atoms with Crippen molar-refractivity contribution < 1.29 is 9.59 Å². The Kier molecular flexibility index (Phi) is 5.07. The molecular formula is C23H27N3O2. The lowest BCUT2D eigenvalue weighted by atomic mass is 10.0. The molecule has 0 aromatic heterocycles. The van der Waals surface area contributed by atoms with E-state index in [-0.39, 0.29) is 23.9 Å². The van der Waals surface area contributed by atoms with Crippen molar-refractivity contribution in [2.45, 2.75) is 38.8 Å². The fourth-order valence-corrected chi connectivity index (χ4v) is 4.51. The van der Waals surface area contributed by atoms with Crippen molar-refractivity contribution in [3.63, 3.8) is 0 Å². The maximum absolute atomic E-state index is 13.2. The molecular weight excluding hydrogens is 350 g/mol. The van der Waals surface area contributed by atoms with E-state index < -0.39 is 0 Å². The summed E-state index contributed by atoms with van der Waals surface area (Å²) in [5.41, 5.74) is 2.69. The minimum absolute atomic E-state index is 0.0416. The number of hydrogen-bond donors (Lipinski definition) is 0. The van der Waals surface area contributed by atoms with Gasteiger partial charge in [-0.1, -0.05) is 24.3 Å². The smallest absolute Gasteiger partial charge is 0.254 e. The van der Waals surface area contributed by atoms with Gasteiger partial charge in [-0.3, -0.25) is 9.59 Å². The van der Waals surface area contributed by atoms with Gasteiger partial charge in [0, 0.05) is 55.1 Å². The number of carbonyl (C=O) groups is 2. The lowest BCUT2D eigenvalue weighted by Crippen LogP contribution is -2.58. The first-order valence-electron chi connectivity index (χ1n) is 10.1. The quantitative estimate of drug-likeness (QED) is 0.822. The van der Waals surface area contributed by atoms with Gasteiger partial charge in [-0.15, -0.1) is 0 Å². The normalized spacial score (nSPS) is 22.6. The summed E-state index contributed by atoms with van der Waals surface area (Å²) in [6.45, 7) is 6.45. The lowest BCUT2D eigenvalue weighted by Gasteiger charge is -2.46. The number of carbonyl (C=O) groups excluding carboxylic acids is 2. The predicted molar refractivity (Wildman–Crippen MR) is 112 cm³/mol. The van der Waals surface area contributed by atoms with Crippen LogP contribution in [-0.2, 0) is 4.79 Å². The second-order valence-corrected chi connectivity index (χ2v) is 7.85. The Morgan fingerprint density at radius 3 is 2.25 bits per heavy atom. The largest absolute Gasteiger partial charge is 0.363 e. The molecule has 0 N–H and O–H groups in total. The highest BCUT2D eigenvalue weighted by Crippen LogP contribution is 2.27. The predicted octanol–water partition coefficient (Wildman–Crippen LogP) is 3.55. The molecule has 2 heterocycles. The Hall–Kier alpha value is -2.82. The molecule has 0 aliphatic carbocycles. The molecule has 2 aliphatic heterocycles. The summed E-state index contributed by atoms with van der Waals surface area (Å²) in [4.78, 5) is 31.3. The van der Waals surface area contributed by atoms with Crippen LogP contribution in [0.3, 0.4) is 0 Å². The van der Waals surface area contributed by atoms with Crippen LogP contribution in [0.25, 0.3) is 0 Å². The average Bonchev–Trinajstić information content (AvgIpc) is 3.14. The molecule has 0 bridgehead atoms. The minimum Gasteiger partial charge on any atom is -0.363 e. The third-order valence-electron chi connectivity index (χ3n) is 5.74. The van der Waals surface area contributed by atoms with Crippen LogP contribution >= 0.6 is 0 Å². The summed E-state index contributed by atoms with van der Waals surface area (Å²) >= 11 is 0. The Morgan fingerprint density at radius 2 is 1.61 bits per heavy atom. The maximum Gasteiger partial charge on any atom is 0.254 e. The van der Waals surface area contributed by atoms with Crippen LogP contribution < -0.4 is 9.80 Å². The Morgan fingerprint density at radius 1 is 0.929 bits per heavy atom. The van der Waals surface area contributed by atoms with E-state index >= 15 is 0 Å². The van der Waals surface area contributed by atoms with E-state index in [0.29, 0.717) is 25.1 Å². The fourth-order valence-electron chi connectivity index (χ4n) is 4.51. The van der Waals surface area contributed by atoms with E-state index in [1.54, 1.807) is 4.90 Å². The van der Waals surface area contributed by atoms with Gasteiger partial charge in [-0.25, -0.2) is 0 Å². The van der Waals surface area contributed by atoms with Crippen LogP contribution in [0.15, 0.2) is 54.6 Å². The molecule has 4 rings (SSSR count). The Labute approximate surface area is 166 Å². The van der Waals surface area contributed by atoms with E-state index in [9.17, 15) is 9.59 Å². The van der Waals surface area contributed by atoms with Crippen LogP contribution in [0.2, 0.25) is 0 Å². The molecule has 2 saturated heterocycles. The second-order valence-electron chi connectivity index (χ2n) is 7.85. The monoisotopic (exact) mass is 377 g/mol. The van der Waals surface area contributed by atoms with Crippen LogP contribution in [0.5, 0.6) is 0 Å². The van der Waals surface area contributed by atoms with E-state index in [1.165, 1.54) is 5.69 Å². The Bertz CT molecular complexity index is 855. The highest BCUT2D eigenvalue weighted by molar-refractivity contribution is 5.99. The third kappa shape index (κ3) is 3.49. The van der Waals surface area contributed by atoms with Gasteiger partial charge in [-0.2, -0.15) is 0 Å². The first-order valence-corrected chi connectivity index (χ1v) is 10.1. The van der Waals surface area contributed by atoms with E-state index in [1.807, 2.05) is 35.2 Å². The zero-order valence-electron chi connectivity index (χ0n) is 16.5. The molecule has 2 unspecified atom stereocenters. The summed E-state index contributed by atoms with van der Waals surface area (Å²) in [5.74, 6) is 0.184. The molecule has 2 amide bonds. The van der Waals surface area contributed by atoms with E-state index in [0.717, 1.165) is 18.7 Å². The van der Waals surface area contributed by atoms with Crippen LogP contribution in [-0.4, -0.2) is 48.4 Å². The zero-order valence-corrected chi connectivity index (χ0v) is 16.5. The lowest BCUT2D eigenvalue weighted by molar-refractivity contribution is -0.117. The molecule has 5 heteroatoms. The SMILES string of the molecule is CC1CN(C(=O)c2cccc(N3CCCC3=O)c2)CC(C)N1c1ccccc1. The zero-order chi connectivity index (χ0) is 19.7. The number of rotatable bonds is 3. The minimum atomic E-state index is 0.0416. The van der Waals surface area contributed by atoms with Gasteiger partial charge in [0.05, 0.1) is 0 Å². The van der Waals surface area contributed by atoms with Crippen molar-refractivity contribution in [2.75, 3.05) is 29.4 Å². The van der Waals surface area contributed by atoms with Crippen molar-refractivity contribution in [1.82, 2.24) is 4.90 Å². The first kappa shape index (κ1) is 18.5. The molecule has 2 fully saturated rings. The van der Waals surface area contributed by atoms with Crippen molar-refractivity contribution in [3.8, 4) is 0 Å². The van der Waals surface area contributed by atoms with Gasteiger partial charge in [0.25, 0.3) is 5.91 Å². The first-order chi connectivity index (χ1) is 13.5. The molecule has 28 heavy (non-hydrogen) atoms. The highest BCUT2D eigenvalue weighted by atomic mass is 16.2. The number of para-hydroxylation sites is 1. The molecule has 146 valence electrons. The second kappa shape index (κ2) is 7.66. The van der Waals surface area contributed by atoms with Crippen molar-refractivity contribution in [1.29, 1.82) is 0 Å². The molecule has 2 aromatic carbocycles. The van der Waals surface area contributed by atoms with Gasteiger partial charge < -0.3 is 14.7 Å². The van der Waals surface area contributed by atoms with Crippen LogP contribution in [0.1, 0.15) is 37.0 Å². The van der Waals surface area contributed by atoms with E-state index in [4.69, 9.17) is 0 Å². The van der Waals surface area contributed by atoms with Crippen molar-refractivity contribution >= 4 is 23.2 Å². The van der Waals surface area contributed by atoms with Gasteiger partial charge in [-0.05, 0) is 50.6 Å². The fraction of sp³-hybridized carbons (Fsp3) is 0.391. The molecule has 2 atom stereocenters.